The maximum absolute atomic E-state index is 9.41. The molecule has 1 aliphatic rings. The summed E-state index contributed by atoms with van der Waals surface area (Å²) in [5.41, 5.74) is 6.15. The van der Waals surface area contributed by atoms with Gasteiger partial charge in [-0.05, 0) is 111 Å². The van der Waals surface area contributed by atoms with E-state index in [2.05, 4.69) is 78.4 Å². The molecular weight excluding hydrogens is 825 g/mol. The van der Waals surface area contributed by atoms with Gasteiger partial charge in [-0.25, -0.2) is 0 Å². The van der Waals surface area contributed by atoms with E-state index in [0.29, 0.717) is 35.2 Å². The molecule has 0 bridgehead atoms. The zero-order valence-corrected chi connectivity index (χ0v) is 32.8. The van der Waals surface area contributed by atoms with E-state index in [-0.39, 0.29) is 36.6 Å². The van der Waals surface area contributed by atoms with Gasteiger partial charge in [0.1, 0.15) is 5.58 Å². The van der Waals surface area contributed by atoms with Crippen LogP contribution in [0.4, 0.5) is 0 Å². The summed E-state index contributed by atoms with van der Waals surface area (Å²) in [5.74, 6) is -1.65. The van der Waals surface area contributed by atoms with Crippen molar-refractivity contribution >= 4 is 43.5 Å². The summed E-state index contributed by atoms with van der Waals surface area (Å²) in [6.45, 7) is 3.60. The summed E-state index contributed by atoms with van der Waals surface area (Å²) in [5, 5.41) is 6.61. The minimum Gasteiger partial charge on any atom is -0.501 e. The third-order valence-electron chi connectivity index (χ3n) is 10.5. The fraction of sp³-hybridized carbons (Fsp3) is 0.265. The smallest absolute Gasteiger partial charge is 0.121 e. The van der Waals surface area contributed by atoms with Gasteiger partial charge in [0.25, 0.3) is 0 Å². The molecule has 0 spiro atoms. The molecule has 1 aliphatic carbocycles. The first-order valence-electron chi connectivity index (χ1n) is 21.9. The van der Waals surface area contributed by atoms with Crippen molar-refractivity contribution in [3.63, 3.8) is 0 Å². The molecular formula is C49H46IrN2O-2. The van der Waals surface area contributed by atoms with E-state index < -0.39 is 25.5 Å². The van der Waals surface area contributed by atoms with Gasteiger partial charge >= 0.3 is 0 Å². The first kappa shape index (κ1) is 27.9. The Hall–Kier alpha value is -4.63. The predicted molar refractivity (Wildman–Crippen MR) is 218 cm³/mol. The summed E-state index contributed by atoms with van der Waals surface area (Å²) in [7, 11) is 0. The van der Waals surface area contributed by atoms with Crippen LogP contribution in [0.2, 0.25) is 0 Å². The Morgan fingerprint density at radius 2 is 1.62 bits per heavy atom. The number of nitrogens with zero attached hydrogens (tertiary/aromatic N) is 2. The van der Waals surface area contributed by atoms with Gasteiger partial charge in [-0.15, -0.1) is 53.6 Å². The molecule has 5 aromatic carbocycles. The van der Waals surface area contributed by atoms with Crippen molar-refractivity contribution in [2.24, 2.45) is 5.41 Å². The van der Waals surface area contributed by atoms with Gasteiger partial charge in [0.2, 0.25) is 0 Å². The number of rotatable bonds is 4. The second-order valence-electron chi connectivity index (χ2n) is 14.9. The van der Waals surface area contributed by atoms with Crippen LogP contribution >= 0.6 is 0 Å². The van der Waals surface area contributed by atoms with Gasteiger partial charge in [0.15, 0.2) is 0 Å². The Morgan fingerprint density at radius 3 is 2.36 bits per heavy atom. The van der Waals surface area contributed by atoms with E-state index >= 15 is 0 Å². The van der Waals surface area contributed by atoms with Crippen molar-refractivity contribution in [3.05, 3.63) is 144 Å². The first-order chi connectivity index (χ1) is 28.2. The topological polar surface area (TPSA) is 38.9 Å². The molecule has 0 unspecified atom stereocenters. The second kappa shape index (κ2) is 15.0. The molecule has 8 aromatic rings. The van der Waals surface area contributed by atoms with Crippen LogP contribution < -0.4 is 0 Å². The van der Waals surface area contributed by atoms with Crippen LogP contribution in [0.1, 0.15) is 98.4 Å². The van der Waals surface area contributed by atoms with E-state index in [4.69, 9.17) is 14.0 Å². The zero-order valence-electron chi connectivity index (χ0n) is 38.4. The van der Waals surface area contributed by atoms with Gasteiger partial charge in [-0.3, -0.25) is 0 Å². The van der Waals surface area contributed by atoms with Crippen LogP contribution in [0.25, 0.3) is 66.0 Å². The fourth-order valence-electron chi connectivity index (χ4n) is 7.25. The first-order valence-corrected chi connectivity index (χ1v) is 17.9. The Morgan fingerprint density at radius 1 is 0.811 bits per heavy atom. The number of aryl methyl sites for hydroxylation is 2. The monoisotopic (exact) mass is 879 g/mol. The summed E-state index contributed by atoms with van der Waals surface area (Å²) in [6.07, 6.45) is 6.11. The minimum atomic E-state index is -2.35. The number of furan rings is 1. The van der Waals surface area contributed by atoms with Crippen molar-refractivity contribution in [2.75, 3.05) is 0 Å². The molecule has 0 N–H and O–H groups in total. The van der Waals surface area contributed by atoms with Crippen LogP contribution in [-0.4, -0.2) is 9.97 Å². The van der Waals surface area contributed by atoms with E-state index in [9.17, 15) is 1.37 Å². The van der Waals surface area contributed by atoms with Gasteiger partial charge in [0, 0.05) is 48.9 Å². The maximum atomic E-state index is 9.41. The molecule has 4 heteroatoms. The number of fused-ring (bicyclic) bond motifs is 6. The molecule has 3 aromatic heterocycles. The standard InChI is InChI=1S/C34H30NO.C15H16N.Ir/c1-21-20-35-31(18-28(21)23-13-15-34(2,3)16-14-23)27-10-6-9-26-30-17-24-12-11-22-7-4-5-8-25(22)29(24)19-32(30)36-33(26)27;1-11(2)14-8-9-15(16-10-14)13-6-4-12(3)5-7-13;/h4-9,11-12,17-20,23H,13-16H2,1-3H3;4-6,8-11H,1-3H3;/q2*-1;/i1D3,23D;3D3,11D;. The van der Waals surface area contributed by atoms with Crippen LogP contribution in [0, 0.1) is 31.3 Å². The largest absolute Gasteiger partial charge is 0.501 e. The summed E-state index contributed by atoms with van der Waals surface area (Å²) >= 11 is 0. The van der Waals surface area contributed by atoms with Crippen LogP contribution in [0.5, 0.6) is 0 Å². The molecule has 3 nitrogen and oxygen atoms in total. The molecule has 0 aliphatic heterocycles. The molecule has 0 amide bonds. The normalized spacial score (nSPS) is 17.9. The van der Waals surface area contributed by atoms with E-state index in [0.717, 1.165) is 56.8 Å². The molecule has 1 saturated carbocycles. The van der Waals surface area contributed by atoms with E-state index in [1.54, 1.807) is 32.2 Å². The van der Waals surface area contributed by atoms with Crippen molar-refractivity contribution in [1.82, 2.24) is 9.97 Å². The molecule has 1 fully saturated rings. The molecule has 3 heterocycles. The third kappa shape index (κ3) is 7.45. The van der Waals surface area contributed by atoms with Crippen LogP contribution in [0.3, 0.4) is 0 Å². The van der Waals surface area contributed by atoms with Gasteiger partial charge in [-0.1, -0.05) is 100 Å². The van der Waals surface area contributed by atoms with Gasteiger partial charge in [-0.2, -0.15) is 0 Å². The number of aromatic nitrogens is 2. The molecule has 0 saturated heterocycles. The average molecular weight is 879 g/mol. The Balaban J connectivity index is 0.000000226. The van der Waals surface area contributed by atoms with E-state index in [1.807, 2.05) is 36.4 Å². The Labute approximate surface area is 338 Å². The average Bonchev–Trinajstić information content (AvgIpc) is 3.58. The quantitative estimate of drug-likeness (QED) is 0.131. The number of hydrogen-bond donors (Lipinski definition) is 0. The van der Waals surface area contributed by atoms with Gasteiger partial charge < -0.3 is 14.4 Å². The van der Waals surface area contributed by atoms with Crippen molar-refractivity contribution in [3.8, 4) is 22.5 Å². The number of benzene rings is 5. The third-order valence-corrected chi connectivity index (χ3v) is 10.5. The Kier molecular flexibility index (Phi) is 7.90. The van der Waals surface area contributed by atoms with Crippen molar-refractivity contribution in [1.29, 1.82) is 0 Å². The molecule has 0 atom stereocenters. The van der Waals surface area contributed by atoms with Crippen molar-refractivity contribution < 1.29 is 35.5 Å². The predicted octanol–water partition coefficient (Wildman–Crippen LogP) is 13.7. The molecule has 9 rings (SSSR count). The van der Waals surface area contributed by atoms with Gasteiger partial charge in [0.05, 0.1) is 5.58 Å². The maximum Gasteiger partial charge on any atom is 0.121 e. The summed E-state index contributed by atoms with van der Waals surface area (Å²) < 4.78 is 70.4. The fourth-order valence-corrected chi connectivity index (χ4v) is 7.25. The summed E-state index contributed by atoms with van der Waals surface area (Å²) in [6, 6.07) is 37.3. The molecule has 53 heavy (non-hydrogen) atoms. The minimum absolute atomic E-state index is 0. The SMILES string of the molecule is [2H]C([2H])([2H])c1c[c-]c(-c2ccc(C([2H])(C)C)cn2)cc1.[2H]C([2H])([2H])c1cnc(-c2[c-]ccc3c2oc2cc4c(ccc5ccccc54)cc23)cc1C1([2H])CCC(C)(C)CC1.[Ir]. The van der Waals surface area contributed by atoms with Crippen molar-refractivity contribution in [2.45, 2.75) is 78.9 Å². The number of pyridine rings is 2. The number of hydrogen-bond acceptors (Lipinski definition) is 3. The summed E-state index contributed by atoms with van der Waals surface area (Å²) in [4.78, 5) is 8.93. The molecule has 1 radical (unpaired) electrons. The van der Waals surface area contributed by atoms with Crippen LogP contribution in [-0.2, 0) is 20.1 Å². The van der Waals surface area contributed by atoms with E-state index in [1.165, 1.54) is 23.0 Å². The Bertz CT molecular complexity index is 2810. The second-order valence-corrected chi connectivity index (χ2v) is 14.9. The van der Waals surface area contributed by atoms with Crippen LogP contribution in [0.15, 0.2) is 114 Å². The zero-order chi connectivity index (χ0) is 42.8. The molecule has 269 valence electrons.